The van der Waals surface area contributed by atoms with Crippen LogP contribution in [0.4, 0.5) is 11.4 Å². The first-order valence-electron chi connectivity index (χ1n) is 9.88. The lowest BCUT2D eigenvalue weighted by Crippen LogP contribution is -2.33. The number of carbonyl (C=O) groups is 2. The summed E-state index contributed by atoms with van der Waals surface area (Å²) < 4.78 is 10.5. The zero-order valence-corrected chi connectivity index (χ0v) is 18.6. The van der Waals surface area contributed by atoms with Crippen LogP contribution in [0, 0.1) is 6.92 Å². The summed E-state index contributed by atoms with van der Waals surface area (Å²) in [5.41, 5.74) is 2.74. The second-order valence-electron chi connectivity index (χ2n) is 7.17. The number of nitrogens with one attached hydrogen (secondary N) is 1. The van der Waals surface area contributed by atoms with E-state index in [1.165, 1.54) is 0 Å². The Morgan fingerprint density at radius 3 is 2.22 bits per heavy atom. The van der Waals surface area contributed by atoms with Crippen LogP contribution >= 0.6 is 11.6 Å². The van der Waals surface area contributed by atoms with Crippen molar-refractivity contribution in [2.24, 2.45) is 0 Å². The van der Waals surface area contributed by atoms with Crippen LogP contribution < -0.4 is 19.7 Å². The summed E-state index contributed by atoms with van der Waals surface area (Å²) >= 11 is 6.27. The molecule has 0 spiro atoms. The van der Waals surface area contributed by atoms with Crippen molar-refractivity contribution in [3.8, 4) is 11.5 Å². The molecule has 1 heterocycles. The molecule has 0 bridgehead atoms. The van der Waals surface area contributed by atoms with E-state index in [0.29, 0.717) is 39.0 Å². The maximum Gasteiger partial charge on any atom is 0.282 e. The fourth-order valence-electron chi connectivity index (χ4n) is 3.57. The number of hydrogen-bond donors (Lipinski definition) is 1. The van der Waals surface area contributed by atoms with Gasteiger partial charge in [0.2, 0.25) is 0 Å². The third-order valence-electron chi connectivity index (χ3n) is 5.28. The largest absolute Gasteiger partial charge is 0.497 e. The molecule has 32 heavy (non-hydrogen) atoms. The molecule has 1 aliphatic rings. The van der Waals surface area contributed by atoms with Crippen molar-refractivity contribution in [3.63, 3.8) is 0 Å². The van der Waals surface area contributed by atoms with Gasteiger partial charge in [0.05, 0.1) is 25.5 Å². The molecule has 0 aliphatic carbocycles. The van der Waals surface area contributed by atoms with Gasteiger partial charge in [0, 0.05) is 16.8 Å². The maximum atomic E-state index is 13.6. The van der Waals surface area contributed by atoms with Gasteiger partial charge in [-0.1, -0.05) is 35.9 Å². The SMILES string of the molecule is COc1ccc(C2=C(Nc3cccc(OC)c3)C(=O)N(c3cccc(Cl)c3C)C2=O)cc1. The van der Waals surface area contributed by atoms with E-state index in [-0.39, 0.29) is 11.3 Å². The van der Waals surface area contributed by atoms with Crippen LogP contribution in [-0.2, 0) is 9.59 Å². The summed E-state index contributed by atoms with van der Waals surface area (Å²) in [5, 5.41) is 3.61. The lowest BCUT2D eigenvalue weighted by Gasteiger charge is -2.18. The fraction of sp³-hybridized carbons (Fsp3) is 0.120. The molecule has 1 N–H and O–H groups in total. The number of hydrogen-bond acceptors (Lipinski definition) is 5. The molecule has 3 aromatic rings. The molecule has 3 aromatic carbocycles. The van der Waals surface area contributed by atoms with E-state index in [0.717, 1.165) is 4.90 Å². The maximum absolute atomic E-state index is 13.6. The minimum absolute atomic E-state index is 0.174. The third kappa shape index (κ3) is 3.81. The average Bonchev–Trinajstić information content (AvgIpc) is 3.05. The normalized spacial score (nSPS) is 13.6. The van der Waals surface area contributed by atoms with E-state index in [2.05, 4.69) is 5.32 Å². The average molecular weight is 449 g/mol. The van der Waals surface area contributed by atoms with E-state index in [1.54, 1.807) is 87.9 Å². The number of benzene rings is 3. The standard InChI is InChI=1S/C25H21ClN2O4/c1-15-20(26)8-5-9-21(15)28-24(29)22(16-10-12-18(31-2)13-11-16)23(25(28)30)27-17-6-4-7-19(14-17)32-3/h4-14,27H,1-3H3. The molecule has 0 aromatic heterocycles. The fourth-order valence-corrected chi connectivity index (χ4v) is 3.74. The van der Waals surface area contributed by atoms with Crippen molar-refractivity contribution in [2.45, 2.75) is 6.92 Å². The quantitative estimate of drug-likeness (QED) is 0.534. The van der Waals surface area contributed by atoms with Crippen molar-refractivity contribution >= 4 is 40.4 Å². The molecule has 7 heteroatoms. The molecule has 2 amide bonds. The lowest BCUT2D eigenvalue weighted by molar-refractivity contribution is -0.120. The molecule has 0 atom stereocenters. The van der Waals surface area contributed by atoms with E-state index < -0.39 is 11.8 Å². The molecule has 0 radical (unpaired) electrons. The smallest absolute Gasteiger partial charge is 0.282 e. The van der Waals surface area contributed by atoms with Crippen LogP contribution in [0.1, 0.15) is 11.1 Å². The van der Waals surface area contributed by atoms with Crippen LogP contribution in [0.15, 0.2) is 72.4 Å². The van der Waals surface area contributed by atoms with Crippen molar-refractivity contribution in [1.82, 2.24) is 0 Å². The Kier molecular flexibility index (Phi) is 5.88. The van der Waals surface area contributed by atoms with Gasteiger partial charge in [-0.2, -0.15) is 0 Å². The van der Waals surface area contributed by atoms with Gasteiger partial charge in [0.25, 0.3) is 11.8 Å². The van der Waals surface area contributed by atoms with E-state index >= 15 is 0 Å². The van der Waals surface area contributed by atoms with Crippen LogP contribution in [-0.4, -0.2) is 26.0 Å². The highest BCUT2D eigenvalue weighted by Gasteiger charge is 2.41. The van der Waals surface area contributed by atoms with Gasteiger partial charge in [-0.15, -0.1) is 0 Å². The van der Waals surface area contributed by atoms with Crippen molar-refractivity contribution in [1.29, 1.82) is 0 Å². The summed E-state index contributed by atoms with van der Waals surface area (Å²) in [4.78, 5) is 28.3. The molecular weight excluding hydrogens is 428 g/mol. The summed E-state index contributed by atoms with van der Waals surface area (Å²) in [6.45, 7) is 1.78. The number of carbonyl (C=O) groups excluding carboxylic acids is 2. The monoisotopic (exact) mass is 448 g/mol. The van der Waals surface area contributed by atoms with Crippen molar-refractivity contribution < 1.29 is 19.1 Å². The van der Waals surface area contributed by atoms with Crippen LogP contribution in [0.3, 0.4) is 0 Å². The summed E-state index contributed by atoms with van der Waals surface area (Å²) in [6, 6.07) is 19.3. The number of rotatable bonds is 6. The lowest BCUT2D eigenvalue weighted by atomic mass is 10.0. The Bertz CT molecular complexity index is 1230. The highest BCUT2D eigenvalue weighted by molar-refractivity contribution is 6.46. The number of halogens is 1. The van der Waals surface area contributed by atoms with E-state index in [9.17, 15) is 9.59 Å². The molecular formula is C25H21ClN2O4. The molecule has 0 saturated carbocycles. The number of nitrogens with zero attached hydrogens (tertiary/aromatic N) is 1. The van der Waals surface area contributed by atoms with Crippen molar-refractivity contribution in [2.75, 3.05) is 24.4 Å². The predicted molar refractivity (Wildman–Crippen MR) is 125 cm³/mol. The molecule has 0 unspecified atom stereocenters. The number of anilines is 2. The molecule has 0 fully saturated rings. The molecule has 0 saturated heterocycles. The third-order valence-corrected chi connectivity index (χ3v) is 5.69. The number of ether oxygens (including phenoxy) is 2. The zero-order chi connectivity index (χ0) is 22.8. The van der Waals surface area contributed by atoms with Gasteiger partial charge >= 0.3 is 0 Å². The second-order valence-corrected chi connectivity index (χ2v) is 7.57. The zero-order valence-electron chi connectivity index (χ0n) is 17.8. The number of methoxy groups -OCH3 is 2. The molecule has 6 nitrogen and oxygen atoms in total. The van der Waals surface area contributed by atoms with Crippen LogP contribution in [0.25, 0.3) is 5.57 Å². The van der Waals surface area contributed by atoms with Gasteiger partial charge in [-0.25, -0.2) is 4.90 Å². The summed E-state index contributed by atoms with van der Waals surface area (Å²) in [7, 11) is 3.13. The Morgan fingerprint density at radius 1 is 0.844 bits per heavy atom. The number of amides is 2. The first-order chi connectivity index (χ1) is 15.4. The Morgan fingerprint density at radius 2 is 1.53 bits per heavy atom. The Labute approximate surface area is 191 Å². The van der Waals surface area contributed by atoms with Crippen LogP contribution in [0.2, 0.25) is 5.02 Å². The minimum Gasteiger partial charge on any atom is -0.497 e. The van der Waals surface area contributed by atoms with E-state index in [1.807, 2.05) is 0 Å². The van der Waals surface area contributed by atoms with Gasteiger partial charge in [0.15, 0.2) is 0 Å². The second kappa shape index (κ2) is 8.77. The highest BCUT2D eigenvalue weighted by Crippen LogP contribution is 2.37. The van der Waals surface area contributed by atoms with E-state index in [4.69, 9.17) is 21.1 Å². The molecule has 4 rings (SSSR count). The minimum atomic E-state index is -0.464. The Hall–Kier alpha value is -3.77. The summed E-state index contributed by atoms with van der Waals surface area (Å²) in [6.07, 6.45) is 0. The van der Waals surface area contributed by atoms with Crippen LogP contribution in [0.5, 0.6) is 11.5 Å². The van der Waals surface area contributed by atoms with Gasteiger partial charge in [-0.3, -0.25) is 9.59 Å². The summed E-state index contributed by atoms with van der Waals surface area (Å²) in [5.74, 6) is 0.377. The van der Waals surface area contributed by atoms with Crippen molar-refractivity contribution in [3.05, 3.63) is 88.6 Å². The number of imide groups is 1. The van der Waals surface area contributed by atoms with Gasteiger partial charge < -0.3 is 14.8 Å². The van der Waals surface area contributed by atoms with Gasteiger partial charge in [-0.05, 0) is 54.4 Å². The highest BCUT2D eigenvalue weighted by atomic mass is 35.5. The first kappa shape index (κ1) is 21.5. The predicted octanol–water partition coefficient (Wildman–Crippen LogP) is 5.06. The first-order valence-corrected chi connectivity index (χ1v) is 10.3. The van der Waals surface area contributed by atoms with Gasteiger partial charge in [0.1, 0.15) is 17.2 Å². The Balaban J connectivity index is 1.84. The molecule has 162 valence electrons. The topological polar surface area (TPSA) is 67.9 Å². The molecule has 1 aliphatic heterocycles.